The van der Waals surface area contributed by atoms with Crippen LogP contribution in [0.3, 0.4) is 0 Å². The first-order chi connectivity index (χ1) is 9.25. The van der Waals surface area contributed by atoms with Crippen LogP contribution in [0.4, 0.5) is 11.4 Å². The summed E-state index contributed by atoms with van der Waals surface area (Å²) in [4.78, 5) is 10.6. The Morgan fingerprint density at radius 2 is 2.15 bits per heavy atom. The van der Waals surface area contributed by atoms with Gasteiger partial charge >= 0.3 is 0 Å². The standard InChI is InChI=1S/C14H22N2O4/c1-10(2)8-14(3,17)9-15-12-6-5-11(20-4)7-13(12)16(18)19/h5-7,10,15,17H,8-9H2,1-4H3. The molecule has 0 spiro atoms. The SMILES string of the molecule is COc1ccc(NCC(C)(O)CC(C)C)c([N+](=O)[O-])c1. The van der Waals surface area contributed by atoms with Crippen molar-refractivity contribution in [2.24, 2.45) is 5.92 Å². The predicted octanol–water partition coefficient (Wildman–Crippen LogP) is 2.81. The van der Waals surface area contributed by atoms with E-state index in [9.17, 15) is 15.2 Å². The van der Waals surface area contributed by atoms with Gasteiger partial charge in [0.05, 0.1) is 23.7 Å². The van der Waals surface area contributed by atoms with Crippen LogP contribution in [-0.2, 0) is 0 Å². The number of nitro benzene ring substituents is 1. The summed E-state index contributed by atoms with van der Waals surface area (Å²) in [5, 5.41) is 24.2. The molecule has 0 bridgehead atoms. The quantitative estimate of drug-likeness (QED) is 0.593. The third-order valence-corrected chi connectivity index (χ3v) is 2.91. The molecule has 6 nitrogen and oxygen atoms in total. The van der Waals surface area contributed by atoms with Crippen LogP contribution in [0.1, 0.15) is 27.2 Å². The molecule has 0 saturated heterocycles. The zero-order valence-corrected chi connectivity index (χ0v) is 12.3. The van der Waals surface area contributed by atoms with Crippen molar-refractivity contribution in [1.29, 1.82) is 0 Å². The van der Waals surface area contributed by atoms with E-state index in [2.05, 4.69) is 5.32 Å². The van der Waals surface area contributed by atoms with Gasteiger partial charge in [-0.1, -0.05) is 13.8 Å². The van der Waals surface area contributed by atoms with E-state index in [4.69, 9.17) is 4.74 Å². The van der Waals surface area contributed by atoms with E-state index in [1.54, 1.807) is 19.1 Å². The predicted molar refractivity (Wildman–Crippen MR) is 78.2 cm³/mol. The molecule has 0 fully saturated rings. The molecule has 1 aromatic carbocycles. The van der Waals surface area contributed by atoms with Gasteiger partial charge in [-0.2, -0.15) is 0 Å². The Labute approximate surface area is 118 Å². The lowest BCUT2D eigenvalue weighted by Crippen LogP contribution is -2.35. The minimum atomic E-state index is -0.915. The summed E-state index contributed by atoms with van der Waals surface area (Å²) in [6.07, 6.45) is 0.615. The molecule has 20 heavy (non-hydrogen) atoms. The van der Waals surface area contributed by atoms with Gasteiger partial charge < -0.3 is 15.2 Å². The summed E-state index contributed by atoms with van der Waals surface area (Å²) in [5.41, 5.74) is -0.605. The molecule has 6 heteroatoms. The maximum Gasteiger partial charge on any atom is 0.296 e. The third kappa shape index (κ3) is 4.70. The van der Waals surface area contributed by atoms with Gasteiger partial charge in [0.15, 0.2) is 0 Å². The molecule has 0 aliphatic rings. The molecule has 0 aromatic heterocycles. The number of hydrogen-bond acceptors (Lipinski definition) is 5. The van der Waals surface area contributed by atoms with Crippen LogP contribution in [0, 0.1) is 16.0 Å². The summed E-state index contributed by atoms with van der Waals surface area (Å²) in [5.74, 6) is 0.772. The summed E-state index contributed by atoms with van der Waals surface area (Å²) < 4.78 is 4.98. The summed E-state index contributed by atoms with van der Waals surface area (Å²) in [6, 6.07) is 4.59. The van der Waals surface area contributed by atoms with E-state index in [1.165, 1.54) is 13.2 Å². The van der Waals surface area contributed by atoms with Gasteiger partial charge in [-0.05, 0) is 31.4 Å². The topological polar surface area (TPSA) is 84.6 Å². The highest BCUT2D eigenvalue weighted by Crippen LogP contribution is 2.29. The second-order valence-corrected chi connectivity index (χ2v) is 5.59. The Kier molecular flexibility index (Phi) is 5.33. The van der Waals surface area contributed by atoms with Crippen molar-refractivity contribution in [3.63, 3.8) is 0 Å². The first kappa shape index (κ1) is 16.2. The van der Waals surface area contributed by atoms with Crippen LogP contribution in [0.2, 0.25) is 0 Å². The molecule has 112 valence electrons. The van der Waals surface area contributed by atoms with Crippen LogP contribution < -0.4 is 10.1 Å². The van der Waals surface area contributed by atoms with Gasteiger partial charge in [0.1, 0.15) is 11.4 Å². The smallest absolute Gasteiger partial charge is 0.296 e. The first-order valence-corrected chi connectivity index (χ1v) is 6.54. The van der Waals surface area contributed by atoms with Crippen molar-refractivity contribution < 1.29 is 14.8 Å². The van der Waals surface area contributed by atoms with E-state index in [1.807, 2.05) is 13.8 Å². The van der Waals surface area contributed by atoms with Crippen molar-refractivity contribution >= 4 is 11.4 Å². The highest BCUT2D eigenvalue weighted by molar-refractivity contribution is 5.64. The van der Waals surface area contributed by atoms with Gasteiger partial charge in [0, 0.05) is 6.54 Å². The number of anilines is 1. The largest absolute Gasteiger partial charge is 0.496 e. The van der Waals surface area contributed by atoms with Crippen molar-refractivity contribution in [2.45, 2.75) is 32.8 Å². The van der Waals surface area contributed by atoms with Gasteiger partial charge in [-0.25, -0.2) is 0 Å². The van der Waals surface area contributed by atoms with Crippen LogP contribution in [0.5, 0.6) is 5.75 Å². The molecule has 0 amide bonds. The zero-order valence-electron chi connectivity index (χ0n) is 12.3. The van der Waals surface area contributed by atoms with Gasteiger partial charge in [0.25, 0.3) is 5.69 Å². The molecule has 0 saturated carbocycles. The number of rotatable bonds is 7. The van der Waals surface area contributed by atoms with Gasteiger partial charge in [-0.15, -0.1) is 0 Å². The molecule has 1 aromatic rings. The molecule has 0 aliphatic heterocycles. The Morgan fingerprint density at radius 3 is 2.65 bits per heavy atom. The van der Waals surface area contributed by atoms with Gasteiger partial charge in [-0.3, -0.25) is 10.1 Å². The minimum absolute atomic E-state index is 0.0651. The number of ether oxygens (including phenoxy) is 1. The molecule has 1 atom stereocenters. The summed E-state index contributed by atoms with van der Waals surface area (Å²) >= 11 is 0. The minimum Gasteiger partial charge on any atom is -0.496 e. The van der Waals surface area contributed by atoms with Crippen molar-refractivity contribution in [3.8, 4) is 5.75 Å². The monoisotopic (exact) mass is 282 g/mol. The lowest BCUT2D eigenvalue weighted by Gasteiger charge is -2.26. The molecule has 0 radical (unpaired) electrons. The number of benzene rings is 1. The Hall–Kier alpha value is -1.82. The normalized spacial score (nSPS) is 13.9. The third-order valence-electron chi connectivity index (χ3n) is 2.91. The van der Waals surface area contributed by atoms with E-state index in [-0.39, 0.29) is 12.2 Å². The number of aliphatic hydroxyl groups is 1. The van der Waals surface area contributed by atoms with Crippen LogP contribution in [0.25, 0.3) is 0 Å². The lowest BCUT2D eigenvalue weighted by molar-refractivity contribution is -0.384. The van der Waals surface area contributed by atoms with Crippen molar-refractivity contribution in [3.05, 3.63) is 28.3 Å². The Balaban J connectivity index is 2.84. The number of nitrogens with zero attached hydrogens (tertiary/aromatic N) is 1. The number of nitro groups is 1. The molecule has 2 N–H and O–H groups in total. The van der Waals surface area contributed by atoms with E-state index >= 15 is 0 Å². The Bertz CT molecular complexity index is 472. The highest BCUT2D eigenvalue weighted by Gasteiger charge is 2.23. The van der Waals surface area contributed by atoms with E-state index in [0.717, 1.165) is 0 Å². The fourth-order valence-corrected chi connectivity index (χ4v) is 2.18. The highest BCUT2D eigenvalue weighted by atomic mass is 16.6. The molecule has 1 unspecified atom stereocenters. The average molecular weight is 282 g/mol. The van der Waals surface area contributed by atoms with Crippen LogP contribution in [-0.4, -0.2) is 29.3 Å². The van der Waals surface area contributed by atoms with Crippen LogP contribution in [0.15, 0.2) is 18.2 Å². The second kappa shape index (κ2) is 6.56. The second-order valence-electron chi connectivity index (χ2n) is 5.59. The molecule has 0 aliphatic carbocycles. The molecule has 1 rings (SSSR count). The van der Waals surface area contributed by atoms with Gasteiger partial charge in [0.2, 0.25) is 0 Å². The average Bonchev–Trinajstić information content (AvgIpc) is 2.34. The maximum atomic E-state index is 11.0. The fourth-order valence-electron chi connectivity index (χ4n) is 2.18. The summed E-state index contributed by atoms with van der Waals surface area (Å²) in [6.45, 7) is 6.00. The van der Waals surface area contributed by atoms with E-state index < -0.39 is 10.5 Å². The van der Waals surface area contributed by atoms with Crippen molar-refractivity contribution in [1.82, 2.24) is 0 Å². The number of methoxy groups -OCH3 is 1. The van der Waals surface area contributed by atoms with Crippen molar-refractivity contribution in [2.75, 3.05) is 19.0 Å². The Morgan fingerprint density at radius 1 is 1.50 bits per heavy atom. The number of nitrogens with one attached hydrogen (secondary N) is 1. The van der Waals surface area contributed by atoms with E-state index in [0.29, 0.717) is 23.8 Å². The zero-order chi connectivity index (χ0) is 15.3. The number of hydrogen-bond donors (Lipinski definition) is 2. The van der Waals surface area contributed by atoms with Crippen LogP contribution >= 0.6 is 0 Å². The summed E-state index contributed by atoms with van der Waals surface area (Å²) in [7, 11) is 1.46. The fraction of sp³-hybridized carbons (Fsp3) is 0.571. The first-order valence-electron chi connectivity index (χ1n) is 6.54. The molecular formula is C14H22N2O4. The molecular weight excluding hydrogens is 260 g/mol. The molecule has 0 heterocycles. The lowest BCUT2D eigenvalue weighted by atomic mass is 9.94. The maximum absolute atomic E-state index is 11.0.